The molecular formula is C9H12N4O4. The molecule has 17 heavy (non-hydrogen) atoms. The normalized spacial score (nSPS) is 15.3. The Kier molecular flexibility index (Phi) is 3.33. The summed E-state index contributed by atoms with van der Waals surface area (Å²) in [6.07, 6.45) is 2.92. The standard InChI is InChI=1S/C9H12N4O4/c14-9(11-7-4-17-5-7)1-2-12-3-8(10-6-12)13(15)16/h3,6-7H,1-2,4-5H2,(H,11,14). The van der Waals surface area contributed by atoms with Crippen LogP contribution in [-0.2, 0) is 16.1 Å². The van der Waals surface area contributed by atoms with E-state index < -0.39 is 4.92 Å². The Bertz CT molecular complexity index is 426. The number of hydrogen-bond acceptors (Lipinski definition) is 5. The van der Waals surface area contributed by atoms with E-state index in [0.29, 0.717) is 19.8 Å². The van der Waals surface area contributed by atoms with Crippen molar-refractivity contribution in [3.63, 3.8) is 0 Å². The van der Waals surface area contributed by atoms with Crippen LogP contribution in [0.2, 0.25) is 0 Å². The lowest BCUT2D eigenvalue weighted by Gasteiger charge is -2.26. The molecular weight excluding hydrogens is 228 g/mol. The van der Waals surface area contributed by atoms with Crippen LogP contribution in [0.5, 0.6) is 0 Å². The largest absolute Gasteiger partial charge is 0.381 e. The predicted molar refractivity (Wildman–Crippen MR) is 56.2 cm³/mol. The van der Waals surface area contributed by atoms with Gasteiger partial charge in [0, 0.05) is 13.0 Å². The molecule has 0 aliphatic carbocycles. The number of hydrogen-bond donors (Lipinski definition) is 1. The van der Waals surface area contributed by atoms with Crippen molar-refractivity contribution in [2.75, 3.05) is 13.2 Å². The van der Waals surface area contributed by atoms with Crippen LogP contribution in [0.1, 0.15) is 6.42 Å². The zero-order valence-corrected chi connectivity index (χ0v) is 9.04. The molecule has 1 aliphatic heterocycles. The van der Waals surface area contributed by atoms with E-state index in [1.165, 1.54) is 17.1 Å². The molecule has 0 bridgehead atoms. The molecule has 1 N–H and O–H groups in total. The second-order valence-electron chi connectivity index (χ2n) is 3.78. The summed E-state index contributed by atoms with van der Waals surface area (Å²) in [4.78, 5) is 24.8. The minimum Gasteiger partial charge on any atom is -0.377 e. The highest BCUT2D eigenvalue weighted by Crippen LogP contribution is 2.06. The summed E-state index contributed by atoms with van der Waals surface area (Å²) >= 11 is 0. The number of imidazole rings is 1. The molecule has 1 amide bonds. The maximum atomic E-state index is 11.4. The first-order valence-electron chi connectivity index (χ1n) is 5.18. The van der Waals surface area contributed by atoms with Gasteiger partial charge in [0.15, 0.2) is 0 Å². The van der Waals surface area contributed by atoms with Crippen LogP contribution in [0, 0.1) is 10.1 Å². The first-order valence-corrected chi connectivity index (χ1v) is 5.18. The van der Waals surface area contributed by atoms with Crippen molar-refractivity contribution in [3.05, 3.63) is 22.6 Å². The molecule has 1 fully saturated rings. The van der Waals surface area contributed by atoms with Gasteiger partial charge in [-0.15, -0.1) is 0 Å². The van der Waals surface area contributed by atoms with Crippen LogP contribution in [0.4, 0.5) is 5.82 Å². The van der Waals surface area contributed by atoms with E-state index >= 15 is 0 Å². The van der Waals surface area contributed by atoms with Crippen LogP contribution in [0.25, 0.3) is 0 Å². The number of nitrogens with one attached hydrogen (secondary N) is 1. The van der Waals surface area contributed by atoms with Gasteiger partial charge >= 0.3 is 5.82 Å². The number of aryl methyl sites for hydroxylation is 1. The van der Waals surface area contributed by atoms with E-state index in [4.69, 9.17) is 4.74 Å². The smallest absolute Gasteiger partial charge is 0.377 e. The molecule has 1 saturated heterocycles. The molecule has 0 unspecified atom stereocenters. The van der Waals surface area contributed by atoms with E-state index in [1.807, 2.05) is 0 Å². The highest BCUT2D eigenvalue weighted by atomic mass is 16.6. The third kappa shape index (κ3) is 3.00. The fourth-order valence-electron chi connectivity index (χ4n) is 1.41. The highest BCUT2D eigenvalue weighted by molar-refractivity contribution is 5.76. The van der Waals surface area contributed by atoms with Gasteiger partial charge in [0.1, 0.15) is 6.20 Å². The average Bonchev–Trinajstić information content (AvgIpc) is 2.69. The Labute approximate surface area is 96.7 Å². The molecule has 1 aromatic rings. The van der Waals surface area contributed by atoms with E-state index in [1.54, 1.807) is 0 Å². The van der Waals surface area contributed by atoms with E-state index in [2.05, 4.69) is 10.3 Å². The zero-order chi connectivity index (χ0) is 12.3. The maximum Gasteiger partial charge on any atom is 0.381 e. The number of nitrogens with zero attached hydrogens (tertiary/aromatic N) is 3. The van der Waals surface area contributed by atoms with Crippen molar-refractivity contribution in [3.8, 4) is 0 Å². The molecule has 0 aromatic carbocycles. The van der Waals surface area contributed by atoms with Gasteiger partial charge in [-0.25, -0.2) is 0 Å². The third-order valence-electron chi connectivity index (χ3n) is 2.41. The van der Waals surface area contributed by atoms with Gasteiger partial charge in [-0.1, -0.05) is 0 Å². The molecule has 2 rings (SSSR count). The summed E-state index contributed by atoms with van der Waals surface area (Å²) in [6.45, 7) is 1.49. The first-order chi connectivity index (χ1) is 8.15. The van der Waals surface area contributed by atoms with Crippen LogP contribution < -0.4 is 5.32 Å². The van der Waals surface area contributed by atoms with Gasteiger partial charge in [-0.2, -0.15) is 0 Å². The van der Waals surface area contributed by atoms with Gasteiger partial charge in [0.05, 0.1) is 19.3 Å². The number of aromatic nitrogens is 2. The Hall–Kier alpha value is -1.96. The van der Waals surface area contributed by atoms with Gasteiger partial charge in [0.2, 0.25) is 12.2 Å². The Morgan fingerprint density at radius 3 is 3.00 bits per heavy atom. The lowest BCUT2D eigenvalue weighted by molar-refractivity contribution is -0.389. The van der Waals surface area contributed by atoms with Crippen LogP contribution >= 0.6 is 0 Å². The SMILES string of the molecule is O=C(CCn1cnc([N+](=O)[O-])c1)NC1COC1. The Morgan fingerprint density at radius 1 is 1.71 bits per heavy atom. The molecule has 8 nitrogen and oxygen atoms in total. The minimum atomic E-state index is -0.567. The van der Waals surface area contributed by atoms with Crippen molar-refractivity contribution in [1.29, 1.82) is 0 Å². The summed E-state index contributed by atoms with van der Waals surface area (Å²) in [5.41, 5.74) is 0. The fraction of sp³-hybridized carbons (Fsp3) is 0.556. The molecule has 2 heterocycles. The van der Waals surface area contributed by atoms with E-state index in [0.717, 1.165) is 0 Å². The number of ether oxygens (including phenoxy) is 1. The third-order valence-corrected chi connectivity index (χ3v) is 2.41. The summed E-state index contributed by atoms with van der Waals surface area (Å²) in [5.74, 6) is -0.299. The van der Waals surface area contributed by atoms with Crippen LogP contribution in [0.15, 0.2) is 12.5 Å². The van der Waals surface area contributed by atoms with Crippen molar-refractivity contribution < 1.29 is 14.5 Å². The maximum absolute atomic E-state index is 11.4. The highest BCUT2D eigenvalue weighted by Gasteiger charge is 2.20. The summed E-state index contributed by atoms with van der Waals surface area (Å²) < 4.78 is 6.45. The number of rotatable bonds is 5. The zero-order valence-electron chi connectivity index (χ0n) is 9.04. The lowest BCUT2D eigenvalue weighted by Crippen LogP contribution is -2.48. The Morgan fingerprint density at radius 2 is 2.47 bits per heavy atom. The monoisotopic (exact) mass is 240 g/mol. The number of carbonyl (C=O) groups excluding carboxylic acids is 1. The quantitative estimate of drug-likeness (QED) is 0.562. The van der Waals surface area contributed by atoms with Crippen LogP contribution in [-0.4, -0.2) is 39.6 Å². The van der Waals surface area contributed by atoms with Crippen molar-refractivity contribution >= 4 is 11.7 Å². The van der Waals surface area contributed by atoms with E-state index in [-0.39, 0.29) is 24.2 Å². The number of amides is 1. The molecule has 1 aliphatic rings. The van der Waals surface area contributed by atoms with Crippen molar-refractivity contribution in [2.45, 2.75) is 19.0 Å². The van der Waals surface area contributed by atoms with Gasteiger partial charge in [-0.05, 0) is 9.91 Å². The molecule has 0 atom stereocenters. The first kappa shape index (κ1) is 11.5. The molecule has 0 radical (unpaired) electrons. The fourth-order valence-corrected chi connectivity index (χ4v) is 1.41. The number of carbonyl (C=O) groups is 1. The molecule has 92 valence electrons. The van der Waals surface area contributed by atoms with Gasteiger partial charge < -0.3 is 24.7 Å². The van der Waals surface area contributed by atoms with Crippen molar-refractivity contribution in [1.82, 2.24) is 14.9 Å². The summed E-state index contributed by atoms with van der Waals surface area (Å²) in [6, 6.07) is 0.111. The number of nitro groups is 1. The van der Waals surface area contributed by atoms with Crippen LogP contribution in [0.3, 0.4) is 0 Å². The second kappa shape index (κ2) is 4.91. The second-order valence-corrected chi connectivity index (χ2v) is 3.78. The van der Waals surface area contributed by atoms with Gasteiger partial charge in [0.25, 0.3) is 0 Å². The lowest BCUT2D eigenvalue weighted by atomic mass is 10.2. The Balaban J connectivity index is 1.76. The predicted octanol–water partition coefficient (Wildman–Crippen LogP) is -0.304. The molecule has 0 spiro atoms. The van der Waals surface area contributed by atoms with Gasteiger partial charge in [-0.3, -0.25) is 4.79 Å². The average molecular weight is 240 g/mol. The summed E-state index contributed by atoms with van der Waals surface area (Å²) in [7, 11) is 0. The van der Waals surface area contributed by atoms with E-state index in [9.17, 15) is 14.9 Å². The van der Waals surface area contributed by atoms with Crippen molar-refractivity contribution in [2.24, 2.45) is 0 Å². The topological polar surface area (TPSA) is 99.3 Å². The minimum absolute atomic E-state index is 0.0883. The molecule has 1 aromatic heterocycles. The molecule has 8 heteroatoms. The molecule has 0 saturated carbocycles. The summed E-state index contributed by atoms with van der Waals surface area (Å²) in [5, 5.41) is 13.2.